The van der Waals surface area contributed by atoms with Crippen LogP contribution in [0.3, 0.4) is 0 Å². The Hall–Kier alpha value is -0.170. The van der Waals surface area contributed by atoms with Gasteiger partial charge in [0.1, 0.15) is 0 Å². The van der Waals surface area contributed by atoms with Crippen molar-refractivity contribution in [1.29, 1.82) is 0 Å². The molecule has 0 radical (unpaired) electrons. The molecule has 0 aromatic rings. The van der Waals surface area contributed by atoms with Crippen molar-refractivity contribution in [2.75, 3.05) is 39.1 Å². The molecule has 1 aliphatic carbocycles. The Bertz CT molecular complexity index is 313. The van der Waals surface area contributed by atoms with Crippen LogP contribution in [0, 0.1) is 5.41 Å². The number of hydrogen-bond acceptors (Lipinski definition) is 4. The van der Waals surface area contributed by atoms with E-state index >= 15 is 0 Å². The van der Waals surface area contributed by atoms with Crippen LogP contribution in [0.2, 0.25) is 0 Å². The Morgan fingerprint density at radius 3 is 2.59 bits per heavy atom. The summed E-state index contributed by atoms with van der Waals surface area (Å²) in [5, 5.41) is 3.01. The molecule has 0 spiro atoms. The lowest BCUT2D eigenvalue weighted by Crippen LogP contribution is -2.35. The van der Waals surface area contributed by atoms with Gasteiger partial charge in [-0.2, -0.15) is 0 Å². The van der Waals surface area contributed by atoms with Gasteiger partial charge in [-0.1, -0.05) is 6.92 Å². The van der Waals surface area contributed by atoms with Crippen molar-refractivity contribution in [3.05, 3.63) is 0 Å². The third kappa shape index (κ3) is 5.81. The van der Waals surface area contributed by atoms with Crippen LogP contribution < -0.4 is 10.0 Å². The molecule has 0 unspecified atom stereocenters. The molecule has 0 saturated heterocycles. The molecule has 1 aliphatic rings. The van der Waals surface area contributed by atoms with Crippen molar-refractivity contribution >= 4 is 10.0 Å². The smallest absolute Gasteiger partial charge is 0.212 e. The van der Waals surface area contributed by atoms with Crippen LogP contribution in [0.25, 0.3) is 0 Å². The number of methoxy groups -OCH3 is 1. The highest BCUT2D eigenvalue weighted by Gasteiger charge is 2.42. The first-order valence-corrected chi connectivity index (χ1v) is 7.86. The lowest BCUT2D eigenvalue weighted by Gasteiger charge is -2.15. The Balaban J connectivity index is 2.24. The minimum Gasteiger partial charge on any atom is -0.385 e. The lowest BCUT2D eigenvalue weighted by molar-refractivity contribution is 0.173. The highest BCUT2D eigenvalue weighted by atomic mass is 32.2. The second-order valence-corrected chi connectivity index (χ2v) is 6.66. The number of rotatable bonds is 10. The molecule has 102 valence electrons. The van der Waals surface area contributed by atoms with E-state index in [1.807, 2.05) is 6.92 Å². The van der Waals surface area contributed by atoms with Gasteiger partial charge < -0.3 is 10.1 Å². The van der Waals surface area contributed by atoms with Crippen molar-refractivity contribution in [1.82, 2.24) is 10.0 Å². The minimum absolute atomic E-state index is 0.154. The number of hydrogen-bond donors (Lipinski definition) is 2. The van der Waals surface area contributed by atoms with E-state index in [-0.39, 0.29) is 11.2 Å². The number of ether oxygens (including phenoxy) is 1. The molecule has 0 atom stereocenters. The van der Waals surface area contributed by atoms with Crippen LogP contribution in [0.5, 0.6) is 0 Å². The van der Waals surface area contributed by atoms with Gasteiger partial charge in [-0.05, 0) is 31.2 Å². The molecule has 6 heteroatoms. The average molecular weight is 264 g/mol. The second-order valence-electron chi connectivity index (χ2n) is 4.74. The molecular weight excluding hydrogens is 240 g/mol. The highest BCUT2D eigenvalue weighted by molar-refractivity contribution is 7.89. The van der Waals surface area contributed by atoms with E-state index in [4.69, 9.17) is 4.74 Å². The van der Waals surface area contributed by atoms with Gasteiger partial charge in [0.25, 0.3) is 0 Å². The van der Waals surface area contributed by atoms with Crippen molar-refractivity contribution in [3.8, 4) is 0 Å². The zero-order valence-electron chi connectivity index (χ0n) is 10.8. The predicted octanol–water partition coefficient (Wildman–Crippen LogP) is 0.332. The van der Waals surface area contributed by atoms with Gasteiger partial charge >= 0.3 is 0 Å². The van der Waals surface area contributed by atoms with E-state index in [9.17, 15) is 8.42 Å². The molecule has 0 aromatic heterocycles. The third-order valence-corrected chi connectivity index (χ3v) is 4.58. The molecule has 1 rings (SSSR count). The maximum Gasteiger partial charge on any atom is 0.212 e. The summed E-state index contributed by atoms with van der Waals surface area (Å²) in [6, 6.07) is 0. The molecule has 17 heavy (non-hydrogen) atoms. The Labute approximate surface area is 104 Å². The molecule has 0 aliphatic heterocycles. The highest BCUT2D eigenvalue weighted by Crippen LogP contribution is 2.48. The monoisotopic (exact) mass is 264 g/mol. The van der Waals surface area contributed by atoms with Gasteiger partial charge in [0, 0.05) is 26.8 Å². The summed E-state index contributed by atoms with van der Waals surface area (Å²) in [5.74, 6) is 0.154. The van der Waals surface area contributed by atoms with E-state index in [2.05, 4.69) is 10.0 Å². The SMILES string of the molecule is CCNCCS(=O)(=O)NCC1(CCOC)CC1. The molecular formula is C11H24N2O3S. The largest absolute Gasteiger partial charge is 0.385 e. The summed E-state index contributed by atoms with van der Waals surface area (Å²) in [6.45, 7) is 4.54. The molecule has 5 nitrogen and oxygen atoms in total. The van der Waals surface area contributed by atoms with Gasteiger partial charge in [0.2, 0.25) is 10.0 Å². The topological polar surface area (TPSA) is 67.4 Å². The Morgan fingerprint density at radius 2 is 2.06 bits per heavy atom. The van der Waals surface area contributed by atoms with Crippen molar-refractivity contribution in [3.63, 3.8) is 0 Å². The summed E-state index contributed by atoms with van der Waals surface area (Å²) in [5.41, 5.74) is 0.168. The fourth-order valence-corrected chi connectivity index (χ4v) is 2.81. The first-order valence-electron chi connectivity index (χ1n) is 6.21. The minimum atomic E-state index is -3.13. The molecule has 1 fully saturated rings. The van der Waals surface area contributed by atoms with Gasteiger partial charge in [-0.3, -0.25) is 0 Å². The molecule has 0 bridgehead atoms. The summed E-state index contributed by atoms with van der Waals surface area (Å²) >= 11 is 0. The summed E-state index contributed by atoms with van der Waals surface area (Å²) < 4.78 is 31.1. The first-order chi connectivity index (χ1) is 8.04. The Kier molecular flexibility index (Phi) is 5.85. The average Bonchev–Trinajstić information content (AvgIpc) is 3.05. The van der Waals surface area contributed by atoms with E-state index in [0.29, 0.717) is 19.7 Å². The van der Waals surface area contributed by atoms with Crippen LogP contribution in [-0.2, 0) is 14.8 Å². The molecule has 0 amide bonds. The van der Waals surface area contributed by atoms with Gasteiger partial charge in [0.05, 0.1) is 5.75 Å². The number of nitrogens with one attached hydrogen (secondary N) is 2. The normalized spacial score (nSPS) is 18.2. The maximum atomic E-state index is 11.7. The predicted molar refractivity (Wildman–Crippen MR) is 68.5 cm³/mol. The molecule has 1 saturated carbocycles. The molecule has 0 aromatic carbocycles. The van der Waals surface area contributed by atoms with Crippen LogP contribution in [0.15, 0.2) is 0 Å². The first kappa shape index (κ1) is 14.9. The molecule has 2 N–H and O–H groups in total. The van der Waals surface area contributed by atoms with Crippen LogP contribution in [-0.4, -0.2) is 47.5 Å². The summed E-state index contributed by atoms with van der Waals surface area (Å²) in [6.07, 6.45) is 3.15. The van der Waals surface area contributed by atoms with Crippen molar-refractivity contribution < 1.29 is 13.2 Å². The van der Waals surface area contributed by atoms with Crippen molar-refractivity contribution in [2.45, 2.75) is 26.2 Å². The molecule has 0 heterocycles. The second kappa shape index (κ2) is 6.68. The quantitative estimate of drug-likeness (QED) is 0.558. The van der Waals surface area contributed by atoms with E-state index in [1.54, 1.807) is 7.11 Å². The fraction of sp³-hybridized carbons (Fsp3) is 1.00. The van der Waals surface area contributed by atoms with Crippen LogP contribution >= 0.6 is 0 Å². The summed E-state index contributed by atoms with van der Waals surface area (Å²) in [4.78, 5) is 0. The standard InChI is InChI=1S/C11H24N2O3S/c1-3-12-7-9-17(14,15)13-10-11(4-5-11)6-8-16-2/h12-13H,3-10H2,1-2H3. The van der Waals surface area contributed by atoms with Crippen molar-refractivity contribution in [2.24, 2.45) is 5.41 Å². The lowest BCUT2D eigenvalue weighted by atomic mass is 10.0. The summed E-state index contributed by atoms with van der Waals surface area (Å²) in [7, 11) is -1.45. The maximum absolute atomic E-state index is 11.7. The zero-order chi connectivity index (χ0) is 12.8. The van der Waals surface area contributed by atoms with E-state index in [1.165, 1.54) is 0 Å². The van der Waals surface area contributed by atoms with Crippen LogP contribution in [0.4, 0.5) is 0 Å². The van der Waals surface area contributed by atoms with E-state index < -0.39 is 10.0 Å². The van der Waals surface area contributed by atoms with E-state index in [0.717, 1.165) is 25.8 Å². The number of sulfonamides is 1. The zero-order valence-corrected chi connectivity index (χ0v) is 11.6. The fourth-order valence-electron chi connectivity index (χ4n) is 1.73. The van der Waals surface area contributed by atoms with Gasteiger partial charge in [-0.15, -0.1) is 0 Å². The Morgan fingerprint density at radius 1 is 1.35 bits per heavy atom. The third-order valence-electron chi connectivity index (χ3n) is 3.26. The van der Waals surface area contributed by atoms with Gasteiger partial charge in [-0.25, -0.2) is 13.1 Å². The van der Waals surface area contributed by atoms with Crippen LogP contribution in [0.1, 0.15) is 26.2 Å². The van der Waals surface area contributed by atoms with Gasteiger partial charge in [0.15, 0.2) is 0 Å².